The number of rotatable bonds is 7. The van der Waals surface area contributed by atoms with Gasteiger partial charge in [-0.05, 0) is 30.5 Å². The third kappa shape index (κ3) is 4.93. The molecule has 0 fully saturated rings. The van der Waals surface area contributed by atoms with Gasteiger partial charge in [-0.2, -0.15) is 0 Å². The number of hydrogen-bond acceptors (Lipinski definition) is 6. The highest BCUT2D eigenvalue weighted by Crippen LogP contribution is 2.23. The van der Waals surface area contributed by atoms with E-state index in [2.05, 4.69) is 5.32 Å². The Morgan fingerprint density at radius 1 is 1.23 bits per heavy atom. The Balaban J connectivity index is 1.95. The number of hydrogen-bond donors (Lipinski definition) is 2. The highest BCUT2D eigenvalue weighted by atomic mass is 32.1. The van der Waals surface area contributed by atoms with Crippen LogP contribution in [-0.2, 0) is 14.3 Å². The monoisotopic (exact) mass is 374 g/mol. The first-order chi connectivity index (χ1) is 12.4. The molecule has 1 aromatic carbocycles. The lowest BCUT2D eigenvalue weighted by atomic mass is 10.2. The first kappa shape index (κ1) is 19.2. The summed E-state index contributed by atoms with van der Waals surface area (Å²) >= 11 is 1.15. The van der Waals surface area contributed by atoms with Crippen molar-refractivity contribution >= 4 is 40.2 Å². The number of nitrogens with two attached hydrogens (primary N) is 1. The zero-order valence-electron chi connectivity index (χ0n) is 14.2. The fraction of sp³-hybridized carbons (Fsp3) is 0.167. The third-order valence-electron chi connectivity index (χ3n) is 3.37. The summed E-state index contributed by atoms with van der Waals surface area (Å²) in [6.07, 6.45) is 1.70. The number of methoxy groups -OCH3 is 1. The molecule has 0 aliphatic carbocycles. The van der Waals surface area contributed by atoms with E-state index in [1.807, 2.05) is 6.07 Å². The van der Waals surface area contributed by atoms with Crippen LogP contribution in [0.3, 0.4) is 0 Å². The Labute approximate surface area is 154 Å². The summed E-state index contributed by atoms with van der Waals surface area (Å²) in [7, 11) is 1.53. The SMILES string of the molecule is COc1ccccc1/C=C/C(=O)OC(C)C(=O)Nc1sccc1C(N)=O. The summed E-state index contributed by atoms with van der Waals surface area (Å²) in [5.41, 5.74) is 6.13. The van der Waals surface area contributed by atoms with Gasteiger partial charge in [0.25, 0.3) is 11.8 Å². The van der Waals surface area contributed by atoms with E-state index in [0.29, 0.717) is 16.3 Å². The topological polar surface area (TPSA) is 108 Å². The maximum atomic E-state index is 12.1. The van der Waals surface area contributed by atoms with Crippen molar-refractivity contribution in [2.45, 2.75) is 13.0 Å². The highest BCUT2D eigenvalue weighted by Gasteiger charge is 2.19. The predicted molar refractivity (Wildman–Crippen MR) is 99.0 cm³/mol. The van der Waals surface area contributed by atoms with Gasteiger partial charge < -0.3 is 20.5 Å². The molecule has 26 heavy (non-hydrogen) atoms. The normalized spacial score (nSPS) is 11.8. The van der Waals surface area contributed by atoms with E-state index in [-0.39, 0.29) is 5.56 Å². The number of carbonyl (C=O) groups is 3. The number of ether oxygens (including phenoxy) is 2. The summed E-state index contributed by atoms with van der Waals surface area (Å²) in [5, 5.41) is 4.47. The van der Waals surface area contributed by atoms with Crippen molar-refractivity contribution in [2.24, 2.45) is 5.73 Å². The van der Waals surface area contributed by atoms with Gasteiger partial charge in [0, 0.05) is 11.6 Å². The second-order valence-electron chi connectivity index (χ2n) is 5.17. The van der Waals surface area contributed by atoms with Crippen molar-refractivity contribution in [3.8, 4) is 5.75 Å². The Morgan fingerprint density at radius 3 is 2.65 bits per heavy atom. The van der Waals surface area contributed by atoms with Crippen molar-refractivity contribution in [3.05, 3.63) is 52.9 Å². The van der Waals surface area contributed by atoms with Gasteiger partial charge in [-0.3, -0.25) is 9.59 Å². The van der Waals surface area contributed by atoms with E-state index < -0.39 is 23.9 Å². The molecule has 1 atom stereocenters. The van der Waals surface area contributed by atoms with Gasteiger partial charge in [0.05, 0.1) is 12.7 Å². The van der Waals surface area contributed by atoms with E-state index in [1.165, 1.54) is 32.3 Å². The third-order valence-corrected chi connectivity index (χ3v) is 4.20. The highest BCUT2D eigenvalue weighted by molar-refractivity contribution is 7.14. The largest absolute Gasteiger partial charge is 0.496 e. The van der Waals surface area contributed by atoms with Crippen molar-refractivity contribution < 1.29 is 23.9 Å². The number of anilines is 1. The van der Waals surface area contributed by atoms with E-state index in [1.54, 1.807) is 23.6 Å². The van der Waals surface area contributed by atoms with E-state index >= 15 is 0 Å². The van der Waals surface area contributed by atoms with Gasteiger partial charge in [-0.25, -0.2) is 4.79 Å². The molecule has 2 rings (SSSR count). The molecule has 7 nitrogen and oxygen atoms in total. The molecule has 0 saturated heterocycles. The fourth-order valence-corrected chi connectivity index (χ4v) is 2.84. The number of carbonyl (C=O) groups excluding carboxylic acids is 3. The lowest BCUT2D eigenvalue weighted by molar-refractivity contribution is -0.148. The molecule has 0 bridgehead atoms. The molecular formula is C18H18N2O5S. The van der Waals surface area contributed by atoms with E-state index in [4.69, 9.17) is 15.2 Å². The maximum absolute atomic E-state index is 12.1. The minimum Gasteiger partial charge on any atom is -0.496 e. The van der Waals surface area contributed by atoms with Crippen LogP contribution in [0.25, 0.3) is 6.08 Å². The first-order valence-corrected chi connectivity index (χ1v) is 8.50. The van der Waals surface area contributed by atoms with Crippen molar-refractivity contribution in [1.82, 2.24) is 0 Å². The number of primary amides is 1. The predicted octanol–water partition coefficient (Wildman–Crippen LogP) is 2.44. The summed E-state index contributed by atoms with van der Waals surface area (Å²) in [4.78, 5) is 35.3. The first-order valence-electron chi connectivity index (χ1n) is 7.62. The molecule has 3 N–H and O–H groups in total. The zero-order valence-corrected chi connectivity index (χ0v) is 15.0. The Bertz CT molecular complexity index is 844. The lowest BCUT2D eigenvalue weighted by Crippen LogP contribution is -2.29. The van der Waals surface area contributed by atoms with Gasteiger partial charge in [0.2, 0.25) is 0 Å². The summed E-state index contributed by atoms with van der Waals surface area (Å²) in [6.45, 7) is 1.43. The number of para-hydroxylation sites is 1. The van der Waals surface area contributed by atoms with Crippen LogP contribution in [0.15, 0.2) is 41.8 Å². The quantitative estimate of drug-likeness (QED) is 0.572. The van der Waals surface area contributed by atoms with Gasteiger partial charge in [0.15, 0.2) is 6.10 Å². The molecule has 1 aromatic heterocycles. The van der Waals surface area contributed by atoms with Crippen LogP contribution in [0.2, 0.25) is 0 Å². The number of thiophene rings is 1. The van der Waals surface area contributed by atoms with Crippen LogP contribution in [0.1, 0.15) is 22.8 Å². The number of nitrogens with one attached hydrogen (secondary N) is 1. The summed E-state index contributed by atoms with van der Waals surface area (Å²) in [6, 6.07) is 8.67. The van der Waals surface area contributed by atoms with E-state index in [9.17, 15) is 14.4 Å². The minimum atomic E-state index is -1.05. The van der Waals surface area contributed by atoms with Crippen molar-refractivity contribution in [3.63, 3.8) is 0 Å². The molecule has 0 radical (unpaired) electrons. The van der Waals surface area contributed by atoms with Gasteiger partial charge in [0.1, 0.15) is 10.8 Å². The molecule has 1 heterocycles. The van der Waals surface area contributed by atoms with Crippen LogP contribution in [0.4, 0.5) is 5.00 Å². The van der Waals surface area contributed by atoms with Crippen LogP contribution >= 0.6 is 11.3 Å². The number of benzene rings is 1. The van der Waals surface area contributed by atoms with Crippen LogP contribution < -0.4 is 15.8 Å². The molecule has 2 amide bonds. The summed E-state index contributed by atoms with van der Waals surface area (Å²) in [5.74, 6) is -1.28. The van der Waals surface area contributed by atoms with Crippen LogP contribution in [0, 0.1) is 0 Å². The molecule has 1 unspecified atom stereocenters. The van der Waals surface area contributed by atoms with Crippen LogP contribution in [0.5, 0.6) is 5.75 Å². The van der Waals surface area contributed by atoms with Crippen molar-refractivity contribution in [2.75, 3.05) is 12.4 Å². The number of esters is 1. The Kier molecular flexibility index (Phi) is 6.51. The molecular weight excluding hydrogens is 356 g/mol. The Morgan fingerprint density at radius 2 is 1.96 bits per heavy atom. The smallest absolute Gasteiger partial charge is 0.331 e. The van der Waals surface area contributed by atoms with Gasteiger partial charge in [-0.1, -0.05) is 18.2 Å². The molecule has 0 aliphatic rings. The molecule has 2 aromatic rings. The molecule has 8 heteroatoms. The fourth-order valence-electron chi connectivity index (χ4n) is 2.04. The Hall–Kier alpha value is -3.13. The number of amides is 2. The zero-order chi connectivity index (χ0) is 19.1. The average molecular weight is 374 g/mol. The minimum absolute atomic E-state index is 0.206. The maximum Gasteiger partial charge on any atom is 0.331 e. The lowest BCUT2D eigenvalue weighted by Gasteiger charge is -2.12. The molecule has 0 spiro atoms. The summed E-state index contributed by atoms with van der Waals surface area (Å²) < 4.78 is 10.2. The second kappa shape index (κ2) is 8.82. The van der Waals surface area contributed by atoms with Crippen molar-refractivity contribution in [1.29, 1.82) is 0 Å². The molecule has 136 valence electrons. The van der Waals surface area contributed by atoms with E-state index in [0.717, 1.165) is 11.3 Å². The molecule has 0 saturated carbocycles. The van der Waals surface area contributed by atoms with Crippen LogP contribution in [-0.4, -0.2) is 31.0 Å². The average Bonchev–Trinajstić information content (AvgIpc) is 3.08. The molecule has 0 aliphatic heterocycles. The second-order valence-corrected chi connectivity index (χ2v) is 6.09. The van der Waals surface area contributed by atoms with Gasteiger partial charge >= 0.3 is 5.97 Å². The standard InChI is InChI=1S/C18H18N2O5S/c1-11(17(23)20-18-13(16(19)22)9-10-26-18)25-15(21)8-7-12-5-3-4-6-14(12)24-2/h3-11H,1-2H3,(H2,19,22)(H,20,23)/b8-7+. The van der Waals surface area contributed by atoms with Gasteiger partial charge in [-0.15, -0.1) is 11.3 Å².